The van der Waals surface area contributed by atoms with E-state index in [0.717, 1.165) is 18.6 Å². The molecule has 0 aromatic carbocycles. The van der Waals surface area contributed by atoms with Crippen molar-refractivity contribution in [2.24, 2.45) is 5.92 Å². The zero-order chi connectivity index (χ0) is 16.1. The van der Waals surface area contributed by atoms with E-state index in [4.69, 9.17) is 16.0 Å². The van der Waals surface area contributed by atoms with Crippen LogP contribution >= 0.6 is 11.6 Å². The van der Waals surface area contributed by atoms with Gasteiger partial charge in [0.1, 0.15) is 16.6 Å². The van der Waals surface area contributed by atoms with Crippen LogP contribution in [0.1, 0.15) is 24.4 Å². The highest BCUT2D eigenvalue weighted by atomic mass is 35.5. The number of hydrogen-bond acceptors (Lipinski definition) is 5. The van der Waals surface area contributed by atoms with E-state index in [-0.39, 0.29) is 22.7 Å². The molecule has 0 spiro atoms. The van der Waals surface area contributed by atoms with Gasteiger partial charge in [-0.1, -0.05) is 11.6 Å². The van der Waals surface area contributed by atoms with Gasteiger partial charge < -0.3 is 9.73 Å². The van der Waals surface area contributed by atoms with E-state index in [1.54, 1.807) is 13.0 Å². The number of aromatic nitrogens is 4. The van der Waals surface area contributed by atoms with Gasteiger partial charge in [0, 0.05) is 5.92 Å². The summed E-state index contributed by atoms with van der Waals surface area (Å²) >= 11 is 6.36. The molecule has 23 heavy (non-hydrogen) atoms. The average Bonchev–Trinajstić information content (AvgIpc) is 3.17. The van der Waals surface area contributed by atoms with Gasteiger partial charge in [0.2, 0.25) is 11.7 Å². The third-order valence-corrected chi connectivity index (χ3v) is 4.03. The van der Waals surface area contributed by atoms with Crippen molar-refractivity contribution in [3.63, 3.8) is 0 Å². The molecule has 0 radical (unpaired) electrons. The molecule has 0 aliphatic heterocycles. The number of nitrogens with one attached hydrogen (secondary N) is 1. The van der Waals surface area contributed by atoms with Gasteiger partial charge in [-0.2, -0.15) is 4.52 Å². The molecule has 1 amide bonds. The van der Waals surface area contributed by atoms with Crippen molar-refractivity contribution in [3.8, 4) is 11.6 Å². The molecule has 4 rings (SSSR count). The third kappa shape index (κ3) is 2.46. The van der Waals surface area contributed by atoms with E-state index >= 15 is 0 Å². The standard InChI is InChI=1S/C15H14ClN5O2/c1-7-3-6-10(23-7)13-18-12(19-15(22)9-4-5-9)11(16)14-17-8(2)20-21(13)14/h3,6,9H,4-5H2,1-2H3,(H,19,22). The van der Waals surface area contributed by atoms with Crippen LogP contribution in [0.5, 0.6) is 0 Å². The number of halogens is 1. The van der Waals surface area contributed by atoms with Crippen LogP contribution in [0, 0.1) is 19.8 Å². The summed E-state index contributed by atoms with van der Waals surface area (Å²) in [7, 11) is 0. The first kappa shape index (κ1) is 14.2. The molecule has 0 unspecified atom stereocenters. The molecule has 118 valence electrons. The smallest absolute Gasteiger partial charge is 0.228 e. The monoisotopic (exact) mass is 331 g/mol. The summed E-state index contributed by atoms with van der Waals surface area (Å²) in [5.41, 5.74) is 0.439. The molecule has 0 saturated heterocycles. The minimum atomic E-state index is -0.0680. The normalized spacial score (nSPS) is 14.4. The molecule has 1 fully saturated rings. The fourth-order valence-corrected chi connectivity index (χ4v) is 2.59. The molecular weight excluding hydrogens is 318 g/mol. The second kappa shape index (κ2) is 5.06. The number of rotatable bonds is 3. The van der Waals surface area contributed by atoms with Crippen molar-refractivity contribution in [2.75, 3.05) is 5.32 Å². The number of aryl methyl sites for hydroxylation is 2. The van der Waals surface area contributed by atoms with Crippen LogP contribution in [-0.4, -0.2) is 25.5 Å². The van der Waals surface area contributed by atoms with Crippen LogP contribution in [0.3, 0.4) is 0 Å². The Bertz CT molecular complexity index is 925. The molecule has 8 heteroatoms. The Kier molecular flexibility index (Phi) is 3.12. The van der Waals surface area contributed by atoms with Gasteiger partial charge in [-0.15, -0.1) is 5.10 Å². The fraction of sp³-hybridized carbons (Fsp3) is 0.333. The number of carbonyl (C=O) groups excluding carboxylic acids is 1. The number of fused-ring (bicyclic) bond motifs is 1. The third-order valence-electron chi connectivity index (χ3n) is 3.69. The van der Waals surface area contributed by atoms with Gasteiger partial charge in [-0.05, 0) is 38.8 Å². The topological polar surface area (TPSA) is 85.3 Å². The Morgan fingerprint density at radius 1 is 1.35 bits per heavy atom. The lowest BCUT2D eigenvalue weighted by atomic mass is 10.3. The largest absolute Gasteiger partial charge is 0.458 e. The molecule has 3 heterocycles. The van der Waals surface area contributed by atoms with E-state index < -0.39 is 0 Å². The highest BCUT2D eigenvalue weighted by Crippen LogP contribution is 2.33. The van der Waals surface area contributed by atoms with Crippen LogP contribution in [0.15, 0.2) is 16.5 Å². The van der Waals surface area contributed by atoms with Crippen molar-refractivity contribution in [1.82, 2.24) is 19.6 Å². The van der Waals surface area contributed by atoms with Gasteiger partial charge >= 0.3 is 0 Å². The minimum Gasteiger partial charge on any atom is -0.458 e. The maximum Gasteiger partial charge on any atom is 0.228 e. The molecule has 1 aliphatic carbocycles. The first-order chi connectivity index (χ1) is 11.0. The number of anilines is 1. The maximum absolute atomic E-state index is 12.0. The van der Waals surface area contributed by atoms with E-state index in [9.17, 15) is 4.79 Å². The molecule has 3 aromatic heterocycles. The van der Waals surface area contributed by atoms with E-state index in [1.165, 1.54) is 4.52 Å². The zero-order valence-corrected chi connectivity index (χ0v) is 13.4. The number of carbonyl (C=O) groups is 1. The Morgan fingerprint density at radius 2 is 2.13 bits per heavy atom. The minimum absolute atomic E-state index is 0.0537. The van der Waals surface area contributed by atoms with Crippen LogP contribution in [0.25, 0.3) is 17.2 Å². The summed E-state index contributed by atoms with van der Waals surface area (Å²) in [4.78, 5) is 20.8. The van der Waals surface area contributed by atoms with Crippen LogP contribution in [-0.2, 0) is 4.79 Å². The first-order valence-electron chi connectivity index (χ1n) is 7.33. The van der Waals surface area contributed by atoms with Crippen molar-refractivity contribution < 1.29 is 9.21 Å². The quantitative estimate of drug-likeness (QED) is 0.797. The van der Waals surface area contributed by atoms with Gasteiger partial charge in [0.25, 0.3) is 0 Å². The number of furan rings is 1. The zero-order valence-electron chi connectivity index (χ0n) is 12.6. The summed E-state index contributed by atoms with van der Waals surface area (Å²) in [5, 5.41) is 7.37. The van der Waals surface area contributed by atoms with Crippen molar-refractivity contribution in [2.45, 2.75) is 26.7 Å². The molecule has 3 aromatic rings. The van der Waals surface area contributed by atoms with E-state index in [1.807, 2.05) is 13.0 Å². The van der Waals surface area contributed by atoms with Gasteiger partial charge in [0.05, 0.1) is 0 Å². The van der Waals surface area contributed by atoms with Gasteiger partial charge in [0.15, 0.2) is 17.2 Å². The molecule has 0 bridgehead atoms. The van der Waals surface area contributed by atoms with Gasteiger partial charge in [-0.25, -0.2) is 9.97 Å². The van der Waals surface area contributed by atoms with Crippen LogP contribution in [0.2, 0.25) is 5.02 Å². The van der Waals surface area contributed by atoms with Crippen LogP contribution < -0.4 is 5.32 Å². The summed E-state index contributed by atoms with van der Waals surface area (Å²) < 4.78 is 7.17. The van der Waals surface area contributed by atoms with E-state index in [0.29, 0.717) is 23.1 Å². The second-order valence-electron chi connectivity index (χ2n) is 5.67. The molecular formula is C15H14ClN5O2. The lowest BCUT2D eigenvalue weighted by molar-refractivity contribution is -0.117. The predicted octanol–water partition coefficient (Wildman–Crippen LogP) is 3.00. The summed E-state index contributed by atoms with van der Waals surface area (Å²) in [6, 6.07) is 3.64. The highest BCUT2D eigenvalue weighted by Gasteiger charge is 2.31. The Hall–Kier alpha value is -2.41. The first-order valence-corrected chi connectivity index (χ1v) is 7.71. The summed E-state index contributed by atoms with van der Waals surface area (Å²) in [5.74, 6) is 2.57. The predicted molar refractivity (Wildman–Crippen MR) is 84.3 cm³/mol. The molecule has 7 nitrogen and oxygen atoms in total. The number of amides is 1. The molecule has 1 aliphatic rings. The molecule has 1 N–H and O–H groups in total. The summed E-state index contributed by atoms with van der Waals surface area (Å²) in [6.45, 7) is 3.61. The SMILES string of the molecule is Cc1nc2c(Cl)c(NC(=O)C3CC3)nc(-c3ccc(C)o3)n2n1. The molecule has 0 atom stereocenters. The van der Waals surface area contributed by atoms with Crippen molar-refractivity contribution in [1.29, 1.82) is 0 Å². The lowest BCUT2D eigenvalue weighted by Gasteiger charge is -2.09. The second-order valence-corrected chi connectivity index (χ2v) is 6.04. The molecule has 1 saturated carbocycles. The van der Waals surface area contributed by atoms with Gasteiger partial charge in [-0.3, -0.25) is 4.79 Å². The highest BCUT2D eigenvalue weighted by molar-refractivity contribution is 6.36. The van der Waals surface area contributed by atoms with Crippen LogP contribution in [0.4, 0.5) is 5.82 Å². The lowest BCUT2D eigenvalue weighted by Crippen LogP contribution is -2.16. The number of hydrogen-bond donors (Lipinski definition) is 1. The Labute approximate surface area is 136 Å². The Morgan fingerprint density at radius 3 is 2.78 bits per heavy atom. The average molecular weight is 332 g/mol. The van der Waals surface area contributed by atoms with E-state index in [2.05, 4.69) is 20.4 Å². The van der Waals surface area contributed by atoms with Crippen molar-refractivity contribution >= 4 is 29.0 Å². The number of nitrogens with zero attached hydrogens (tertiary/aromatic N) is 4. The fourth-order valence-electron chi connectivity index (χ4n) is 2.37. The Balaban J connectivity index is 1.89. The maximum atomic E-state index is 12.0. The summed E-state index contributed by atoms with van der Waals surface area (Å²) in [6.07, 6.45) is 1.81. The van der Waals surface area contributed by atoms with Crippen molar-refractivity contribution in [3.05, 3.63) is 28.7 Å².